The Bertz CT molecular complexity index is 189. The lowest BCUT2D eigenvalue weighted by atomic mass is 9.85. The molecule has 1 aliphatic heterocycles. The second-order valence-corrected chi connectivity index (χ2v) is 4.48. The Labute approximate surface area is 81.4 Å². The summed E-state index contributed by atoms with van der Waals surface area (Å²) >= 11 is 0. The van der Waals surface area contributed by atoms with Gasteiger partial charge in [0, 0.05) is 6.32 Å². The summed E-state index contributed by atoms with van der Waals surface area (Å²) in [6, 6.07) is 0. The van der Waals surface area contributed by atoms with Crippen LogP contribution in [0.2, 0.25) is 6.32 Å². The zero-order chi connectivity index (χ0) is 10.1. The number of hydrogen-bond donors (Lipinski definition) is 0. The lowest BCUT2D eigenvalue weighted by Gasteiger charge is -2.28. The SMILES string of the molecule is C=CCB1OC(C(C)C)C(C)(C)O1. The molecule has 1 saturated heterocycles. The van der Waals surface area contributed by atoms with Gasteiger partial charge in [0.15, 0.2) is 0 Å². The molecule has 0 N–H and O–H groups in total. The molecule has 74 valence electrons. The van der Waals surface area contributed by atoms with Crippen molar-refractivity contribution in [1.82, 2.24) is 0 Å². The van der Waals surface area contributed by atoms with Gasteiger partial charge in [-0.25, -0.2) is 0 Å². The van der Waals surface area contributed by atoms with Crippen LogP contribution in [0.1, 0.15) is 27.7 Å². The van der Waals surface area contributed by atoms with E-state index >= 15 is 0 Å². The first-order valence-electron chi connectivity index (χ1n) is 4.91. The van der Waals surface area contributed by atoms with Gasteiger partial charge in [0.2, 0.25) is 0 Å². The summed E-state index contributed by atoms with van der Waals surface area (Å²) in [6.07, 6.45) is 2.80. The Morgan fingerprint density at radius 1 is 1.54 bits per heavy atom. The summed E-state index contributed by atoms with van der Waals surface area (Å²) in [5, 5.41) is 0. The molecule has 13 heavy (non-hydrogen) atoms. The average molecular weight is 182 g/mol. The van der Waals surface area contributed by atoms with Crippen LogP contribution >= 0.6 is 0 Å². The van der Waals surface area contributed by atoms with Crippen LogP contribution in [0.25, 0.3) is 0 Å². The largest absolute Gasteiger partial charge is 0.461 e. The molecule has 0 aromatic carbocycles. The topological polar surface area (TPSA) is 18.5 Å². The molecule has 1 atom stereocenters. The van der Waals surface area contributed by atoms with Gasteiger partial charge in [-0.05, 0) is 19.8 Å². The Morgan fingerprint density at radius 3 is 2.54 bits per heavy atom. The maximum Gasteiger partial charge on any atom is 0.461 e. The van der Waals surface area contributed by atoms with Gasteiger partial charge in [-0.2, -0.15) is 0 Å². The van der Waals surface area contributed by atoms with Gasteiger partial charge in [0.1, 0.15) is 0 Å². The molecule has 1 aliphatic rings. The van der Waals surface area contributed by atoms with Gasteiger partial charge in [-0.1, -0.05) is 19.9 Å². The monoisotopic (exact) mass is 182 g/mol. The molecule has 0 radical (unpaired) electrons. The molecule has 0 bridgehead atoms. The third kappa shape index (κ3) is 2.35. The van der Waals surface area contributed by atoms with Gasteiger partial charge in [0.05, 0.1) is 11.7 Å². The summed E-state index contributed by atoms with van der Waals surface area (Å²) in [7, 11) is -0.0973. The Hall–Kier alpha value is -0.275. The fourth-order valence-electron chi connectivity index (χ4n) is 1.96. The van der Waals surface area contributed by atoms with Crippen molar-refractivity contribution in [1.29, 1.82) is 0 Å². The van der Waals surface area contributed by atoms with Crippen LogP contribution in [-0.2, 0) is 9.31 Å². The molecule has 0 aromatic rings. The van der Waals surface area contributed by atoms with Crippen molar-refractivity contribution in [2.75, 3.05) is 0 Å². The normalized spacial score (nSPS) is 26.8. The van der Waals surface area contributed by atoms with Gasteiger partial charge in [-0.3, -0.25) is 0 Å². The van der Waals surface area contributed by atoms with Crippen molar-refractivity contribution in [2.45, 2.75) is 45.7 Å². The van der Waals surface area contributed by atoms with E-state index in [2.05, 4.69) is 34.3 Å². The Morgan fingerprint density at radius 2 is 2.15 bits per heavy atom. The van der Waals surface area contributed by atoms with E-state index in [4.69, 9.17) is 9.31 Å². The molecule has 0 spiro atoms. The molecule has 0 amide bonds. The smallest absolute Gasteiger partial charge is 0.405 e. The summed E-state index contributed by atoms with van der Waals surface area (Å²) in [4.78, 5) is 0. The maximum absolute atomic E-state index is 5.79. The van der Waals surface area contributed by atoms with Crippen LogP contribution < -0.4 is 0 Å². The minimum absolute atomic E-state index is 0.0973. The lowest BCUT2D eigenvalue weighted by molar-refractivity contribution is 0.0438. The van der Waals surface area contributed by atoms with Crippen molar-refractivity contribution in [3.63, 3.8) is 0 Å². The van der Waals surface area contributed by atoms with Gasteiger partial charge >= 0.3 is 7.12 Å². The van der Waals surface area contributed by atoms with Crippen LogP contribution in [-0.4, -0.2) is 18.8 Å². The van der Waals surface area contributed by atoms with E-state index in [-0.39, 0.29) is 18.8 Å². The van der Waals surface area contributed by atoms with Gasteiger partial charge < -0.3 is 9.31 Å². The molecular weight excluding hydrogens is 163 g/mol. The molecule has 3 heteroatoms. The first-order chi connectivity index (χ1) is 5.97. The molecular formula is C10H19BO2. The van der Waals surface area contributed by atoms with Crippen LogP contribution in [0.15, 0.2) is 12.7 Å². The Kier molecular flexibility index (Phi) is 3.20. The van der Waals surface area contributed by atoms with E-state index in [1.54, 1.807) is 0 Å². The second kappa shape index (κ2) is 3.85. The minimum Gasteiger partial charge on any atom is -0.405 e. The van der Waals surface area contributed by atoms with E-state index in [9.17, 15) is 0 Å². The zero-order valence-corrected chi connectivity index (χ0v) is 9.04. The van der Waals surface area contributed by atoms with E-state index in [1.165, 1.54) is 0 Å². The number of allylic oxidation sites excluding steroid dienone is 1. The Balaban J connectivity index is 2.62. The molecule has 0 aliphatic carbocycles. The summed E-state index contributed by atoms with van der Waals surface area (Å²) in [5.41, 5.74) is -0.165. The molecule has 1 heterocycles. The quantitative estimate of drug-likeness (QED) is 0.493. The van der Waals surface area contributed by atoms with Gasteiger partial charge in [-0.15, -0.1) is 6.58 Å². The summed E-state index contributed by atoms with van der Waals surface area (Å²) in [6.45, 7) is 12.2. The van der Waals surface area contributed by atoms with Crippen LogP contribution in [0.3, 0.4) is 0 Å². The third-order valence-electron chi connectivity index (χ3n) is 2.38. The lowest BCUT2D eigenvalue weighted by Crippen LogP contribution is -2.36. The van der Waals surface area contributed by atoms with Crippen LogP contribution in [0, 0.1) is 5.92 Å². The standard InChI is InChI=1S/C10H19BO2/c1-6-7-11-12-9(8(2)3)10(4,5)13-11/h6,8-9H,1,7H2,2-5H3. The van der Waals surface area contributed by atoms with Crippen LogP contribution in [0.4, 0.5) is 0 Å². The molecule has 1 unspecified atom stereocenters. The van der Waals surface area contributed by atoms with Crippen molar-refractivity contribution >= 4 is 7.12 Å². The van der Waals surface area contributed by atoms with E-state index in [1.807, 2.05) is 6.08 Å². The molecule has 1 rings (SSSR count). The highest BCUT2D eigenvalue weighted by atomic mass is 16.7. The summed E-state index contributed by atoms with van der Waals surface area (Å²) in [5.74, 6) is 0.491. The predicted octanol–water partition coefficient (Wildman–Crippen LogP) is 2.51. The number of hydrogen-bond acceptors (Lipinski definition) is 2. The highest BCUT2D eigenvalue weighted by molar-refractivity contribution is 6.45. The fraction of sp³-hybridized carbons (Fsp3) is 0.800. The van der Waals surface area contributed by atoms with Crippen molar-refractivity contribution in [3.05, 3.63) is 12.7 Å². The minimum atomic E-state index is -0.165. The predicted molar refractivity (Wildman–Crippen MR) is 55.6 cm³/mol. The fourth-order valence-corrected chi connectivity index (χ4v) is 1.96. The molecule has 2 nitrogen and oxygen atoms in total. The number of rotatable bonds is 3. The van der Waals surface area contributed by atoms with Crippen molar-refractivity contribution < 1.29 is 9.31 Å². The third-order valence-corrected chi connectivity index (χ3v) is 2.38. The van der Waals surface area contributed by atoms with Crippen molar-refractivity contribution in [3.8, 4) is 0 Å². The second-order valence-electron chi connectivity index (χ2n) is 4.48. The first kappa shape index (κ1) is 10.8. The first-order valence-corrected chi connectivity index (χ1v) is 4.91. The highest BCUT2D eigenvalue weighted by Gasteiger charge is 2.45. The molecule has 1 fully saturated rings. The van der Waals surface area contributed by atoms with Gasteiger partial charge in [0.25, 0.3) is 0 Å². The zero-order valence-electron chi connectivity index (χ0n) is 9.04. The maximum atomic E-state index is 5.79. The van der Waals surface area contributed by atoms with Crippen LogP contribution in [0.5, 0.6) is 0 Å². The van der Waals surface area contributed by atoms with E-state index in [0.29, 0.717) is 5.92 Å². The summed E-state index contributed by atoms with van der Waals surface area (Å²) < 4.78 is 11.6. The van der Waals surface area contributed by atoms with E-state index in [0.717, 1.165) is 6.32 Å². The highest BCUT2D eigenvalue weighted by Crippen LogP contribution is 2.33. The molecule has 0 aromatic heterocycles. The molecule has 0 saturated carbocycles. The van der Waals surface area contributed by atoms with E-state index < -0.39 is 0 Å². The van der Waals surface area contributed by atoms with Crippen molar-refractivity contribution in [2.24, 2.45) is 5.92 Å². The average Bonchev–Trinajstić information content (AvgIpc) is 2.26.